The summed E-state index contributed by atoms with van der Waals surface area (Å²) in [5.74, 6) is 0.395. The van der Waals surface area contributed by atoms with Crippen molar-refractivity contribution in [1.82, 2.24) is 15.1 Å². The second kappa shape index (κ2) is 5.57. The summed E-state index contributed by atoms with van der Waals surface area (Å²) in [6.07, 6.45) is 7.59. The van der Waals surface area contributed by atoms with Crippen LogP contribution in [0.1, 0.15) is 38.5 Å². The SMILES string of the molecule is O=C(CN1CCNCC1)N(C1CCCC1)C1CC1. The van der Waals surface area contributed by atoms with E-state index in [1.807, 2.05) is 0 Å². The average molecular weight is 251 g/mol. The van der Waals surface area contributed by atoms with Crippen LogP contribution < -0.4 is 5.32 Å². The van der Waals surface area contributed by atoms with Gasteiger partial charge in [0, 0.05) is 38.3 Å². The zero-order valence-electron chi connectivity index (χ0n) is 11.2. The second-order valence-corrected chi connectivity index (χ2v) is 6.00. The van der Waals surface area contributed by atoms with Gasteiger partial charge in [0.1, 0.15) is 0 Å². The van der Waals surface area contributed by atoms with Crippen LogP contribution >= 0.6 is 0 Å². The monoisotopic (exact) mass is 251 g/mol. The maximum Gasteiger partial charge on any atom is 0.237 e. The maximum atomic E-state index is 12.5. The zero-order valence-corrected chi connectivity index (χ0v) is 11.2. The molecule has 3 aliphatic rings. The standard InChI is InChI=1S/C14H25N3O/c18-14(11-16-9-7-15-8-10-16)17(13-5-6-13)12-3-1-2-4-12/h12-13,15H,1-11H2. The molecule has 1 N–H and O–H groups in total. The van der Waals surface area contributed by atoms with E-state index in [0.717, 1.165) is 26.2 Å². The van der Waals surface area contributed by atoms with Gasteiger partial charge in [-0.15, -0.1) is 0 Å². The fourth-order valence-corrected chi connectivity index (χ4v) is 3.38. The normalized spacial score (nSPS) is 26.4. The van der Waals surface area contributed by atoms with E-state index in [2.05, 4.69) is 15.1 Å². The lowest BCUT2D eigenvalue weighted by molar-refractivity contribution is -0.135. The molecule has 0 aromatic carbocycles. The summed E-state index contributed by atoms with van der Waals surface area (Å²) in [5, 5.41) is 3.34. The summed E-state index contributed by atoms with van der Waals surface area (Å²) in [7, 11) is 0. The van der Waals surface area contributed by atoms with E-state index < -0.39 is 0 Å². The molecule has 3 fully saturated rings. The molecule has 102 valence electrons. The molecule has 0 unspecified atom stereocenters. The molecule has 0 atom stereocenters. The third-order valence-corrected chi connectivity index (χ3v) is 4.51. The highest BCUT2D eigenvalue weighted by Crippen LogP contribution is 2.34. The van der Waals surface area contributed by atoms with Crippen molar-refractivity contribution in [2.75, 3.05) is 32.7 Å². The first-order chi connectivity index (χ1) is 8.84. The molecule has 0 aromatic heterocycles. The lowest BCUT2D eigenvalue weighted by Crippen LogP contribution is -2.50. The number of nitrogens with one attached hydrogen (secondary N) is 1. The van der Waals surface area contributed by atoms with Gasteiger partial charge in [-0.05, 0) is 25.7 Å². The Kier molecular flexibility index (Phi) is 3.85. The Bertz CT molecular complexity index is 291. The molecule has 1 aliphatic heterocycles. The Balaban J connectivity index is 1.57. The number of rotatable bonds is 4. The van der Waals surface area contributed by atoms with Crippen LogP contribution in [0.15, 0.2) is 0 Å². The van der Waals surface area contributed by atoms with Crippen molar-refractivity contribution >= 4 is 5.91 Å². The molecule has 4 nitrogen and oxygen atoms in total. The van der Waals surface area contributed by atoms with Gasteiger partial charge in [-0.1, -0.05) is 12.8 Å². The maximum absolute atomic E-state index is 12.5. The highest BCUT2D eigenvalue weighted by molar-refractivity contribution is 5.79. The molecule has 0 spiro atoms. The summed E-state index contributed by atoms with van der Waals surface area (Å²) in [6, 6.07) is 1.15. The van der Waals surface area contributed by atoms with E-state index in [4.69, 9.17) is 0 Å². The van der Waals surface area contributed by atoms with Crippen LogP contribution in [0.2, 0.25) is 0 Å². The van der Waals surface area contributed by atoms with E-state index in [1.54, 1.807) is 0 Å². The van der Waals surface area contributed by atoms with Crippen molar-refractivity contribution in [2.24, 2.45) is 0 Å². The van der Waals surface area contributed by atoms with Crippen molar-refractivity contribution in [3.8, 4) is 0 Å². The van der Waals surface area contributed by atoms with Gasteiger partial charge < -0.3 is 10.2 Å². The van der Waals surface area contributed by atoms with Crippen LogP contribution in [0, 0.1) is 0 Å². The lowest BCUT2D eigenvalue weighted by Gasteiger charge is -2.33. The summed E-state index contributed by atoms with van der Waals surface area (Å²) < 4.78 is 0. The molecule has 1 saturated heterocycles. The molecular formula is C14H25N3O. The number of piperazine rings is 1. The Morgan fingerprint density at radius 1 is 1.06 bits per heavy atom. The number of carbonyl (C=O) groups is 1. The Morgan fingerprint density at radius 2 is 1.67 bits per heavy atom. The van der Waals surface area contributed by atoms with Crippen LogP contribution in [-0.4, -0.2) is 60.5 Å². The first-order valence-electron chi connectivity index (χ1n) is 7.59. The minimum absolute atomic E-state index is 0.395. The van der Waals surface area contributed by atoms with E-state index in [0.29, 0.717) is 24.5 Å². The van der Waals surface area contributed by atoms with Crippen LogP contribution in [0.4, 0.5) is 0 Å². The molecule has 1 heterocycles. The van der Waals surface area contributed by atoms with Crippen LogP contribution in [0.5, 0.6) is 0 Å². The highest BCUT2D eigenvalue weighted by atomic mass is 16.2. The van der Waals surface area contributed by atoms with Crippen molar-refractivity contribution < 1.29 is 4.79 Å². The van der Waals surface area contributed by atoms with Gasteiger partial charge >= 0.3 is 0 Å². The second-order valence-electron chi connectivity index (χ2n) is 6.00. The van der Waals surface area contributed by atoms with Gasteiger partial charge in [-0.2, -0.15) is 0 Å². The van der Waals surface area contributed by atoms with E-state index in [9.17, 15) is 4.79 Å². The fraction of sp³-hybridized carbons (Fsp3) is 0.929. The number of nitrogens with zero attached hydrogens (tertiary/aromatic N) is 2. The van der Waals surface area contributed by atoms with Gasteiger partial charge in [0.05, 0.1) is 6.54 Å². The third kappa shape index (κ3) is 2.86. The summed E-state index contributed by atoms with van der Waals surface area (Å²) in [6.45, 7) is 4.75. The lowest BCUT2D eigenvalue weighted by atomic mass is 10.2. The molecule has 3 rings (SSSR count). The summed E-state index contributed by atoms with van der Waals surface area (Å²) >= 11 is 0. The first-order valence-corrected chi connectivity index (χ1v) is 7.59. The van der Waals surface area contributed by atoms with E-state index >= 15 is 0 Å². The minimum atomic E-state index is 0.395. The smallest absolute Gasteiger partial charge is 0.237 e. The largest absolute Gasteiger partial charge is 0.336 e. The number of amides is 1. The van der Waals surface area contributed by atoms with Crippen LogP contribution in [0.25, 0.3) is 0 Å². The molecule has 2 aliphatic carbocycles. The van der Waals surface area contributed by atoms with E-state index in [1.165, 1.54) is 38.5 Å². The molecule has 4 heteroatoms. The van der Waals surface area contributed by atoms with Gasteiger partial charge in [0.25, 0.3) is 0 Å². The van der Waals surface area contributed by atoms with Gasteiger partial charge in [-0.3, -0.25) is 9.69 Å². The molecule has 1 amide bonds. The Morgan fingerprint density at radius 3 is 2.28 bits per heavy atom. The quantitative estimate of drug-likeness (QED) is 0.804. The number of hydrogen-bond acceptors (Lipinski definition) is 3. The minimum Gasteiger partial charge on any atom is -0.336 e. The predicted octanol–water partition coefficient (Wildman–Crippen LogP) is 0.825. The molecule has 2 saturated carbocycles. The van der Waals surface area contributed by atoms with Gasteiger partial charge in [0.2, 0.25) is 5.91 Å². The number of hydrogen-bond donors (Lipinski definition) is 1. The number of carbonyl (C=O) groups excluding carboxylic acids is 1. The molecule has 0 aromatic rings. The van der Waals surface area contributed by atoms with Crippen LogP contribution in [0.3, 0.4) is 0 Å². The topological polar surface area (TPSA) is 35.6 Å². The fourth-order valence-electron chi connectivity index (χ4n) is 3.38. The third-order valence-electron chi connectivity index (χ3n) is 4.51. The molecular weight excluding hydrogens is 226 g/mol. The Hall–Kier alpha value is -0.610. The molecule has 0 bridgehead atoms. The van der Waals surface area contributed by atoms with Crippen molar-refractivity contribution in [1.29, 1.82) is 0 Å². The first kappa shape index (κ1) is 12.4. The van der Waals surface area contributed by atoms with Crippen molar-refractivity contribution in [3.05, 3.63) is 0 Å². The summed E-state index contributed by atoms with van der Waals surface area (Å²) in [4.78, 5) is 17.1. The van der Waals surface area contributed by atoms with Crippen molar-refractivity contribution in [3.63, 3.8) is 0 Å². The van der Waals surface area contributed by atoms with E-state index in [-0.39, 0.29) is 0 Å². The van der Waals surface area contributed by atoms with Crippen LogP contribution in [-0.2, 0) is 4.79 Å². The molecule has 0 radical (unpaired) electrons. The van der Waals surface area contributed by atoms with Crippen molar-refractivity contribution in [2.45, 2.75) is 50.6 Å². The van der Waals surface area contributed by atoms with Gasteiger partial charge in [-0.25, -0.2) is 0 Å². The highest BCUT2D eigenvalue weighted by Gasteiger charge is 2.38. The Labute approximate surface area is 110 Å². The average Bonchev–Trinajstić information content (AvgIpc) is 3.05. The van der Waals surface area contributed by atoms with Gasteiger partial charge in [0.15, 0.2) is 0 Å². The summed E-state index contributed by atoms with van der Waals surface area (Å²) in [5.41, 5.74) is 0. The zero-order chi connectivity index (χ0) is 12.4. The predicted molar refractivity (Wildman–Crippen MR) is 71.4 cm³/mol. The molecule has 18 heavy (non-hydrogen) atoms.